The minimum absolute atomic E-state index is 0.0677. The van der Waals surface area contributed by atoms with E-state index in [2.05, 4.69) is 41.1 Å². The molecule has 3 rings (SSSR count). The Bertz CT molecular complexity index is 628. The number of amides is 1. The van der Waals surface area contributed by atoms with Crippen LogP contribution in [-0.4, -0.2) is 56.2 Å². The summed E-state index contributed by atoms with van der Waals surface area (Å²) in [6.07, 6.45) is 3.63. The van der Waals surface area contributed by atoms with Gasteiger partial charge in [-0.2, -0.15) is 0 Å². The largest absolute Gasteiger partial charge is 0.497 e. The number of nitrogens with one attached hydrogen (secondary N) is 1. The second kappa shape index (κ2) is 8.96. The van der Waals surface area contributed by atoms with Crippen LogP contribution in [0.2, 0.25) is 0 Å². The second-order valence-electron chi connectivity index (χ2n) is 8.28. The highest BCUT2D eigenvalue weighted by molar-refractivity contribution is 5.81. The van der Waals surface area contributed by atoms with Crippen molar-refractivity contribution >= 4 is 11.6 Å². The number of methoxy groups -OCH3 is 1. The molecule has 5 nitrogen and oxygen atoms in total. The minimum Gasteiger partial charge on any atom is -0.497 e. The molecule has 1 saturated carbocycles. The summed E-state index contributed by atoms with van der Waals surface area (Å²) in [5, 5.41) is 3.34. The van der Waals surface area contributed by atoms with Crippen LogP contribution in [-0.2, 0) is 4.79 Å². The summed E-state index contributed by atoms with van der Waals surface area (Å²) in [6.45, 7) is 10.3. The maximum atomic E-state index is 12.8. The molecular weight excluding hydrogens is 338 g/mol. The second-order valence-corrected chi connectivity index (χ2v) is 8.28. The molecule has 0 bridgehead atoms. The fraction of sp³-hybridized carbons (Fsp3) is 0.682. The van der Waals surface area contributed by atoms with Gasteiger partial charge in [-0.3, -0.25) is 9.69 Å². The van der Waals surface area contributed by atoms with Crippen LogP contribution < -0.4 is 15.0 Å². The van der Waals surface area contributed by atoms with Gasteiger partial charge in [0.05, 0.1) is 13.2 Å². The Labute approximate surface area is 164 Å². The molecule has 0 aromatic heterocycles. The molecule has 1 aromatic carbocycles. The fourth-order valence-electron chi connectivity index (χ4n) is 4.43. The third-order valence-electron chi connectivity index (χ3n) is 6.69. The Morgan fingerprint density at radius 2 is 1.93 bits per heavy atom. The monoisotopic (exact) mass is 373 g/mol. The number of hydrogen-bond acceptors (Lipinski definition) is 4. The summed E-state index contributed by atoms with van der Waals surface area (Å²) in [4.78, 5) is 17.5. The molecule has 1 aliphatic heterocycles. The SMILES string of the molecule is COc1cccc(N2CCN([C@H](C)C(=O)N[C@H]3CCC[C@@H](C)[C@H]3C)CC2)c1. The van der Waals surface area contributed by atoms with Gasteiger partial charge in [0.2, 0.25) is 5.91 Å². The molecule has 1 N–H and O–H groups in total. The lowest BCUT2D eigenvalue weighted by Crippen LogP contribution is -2.56. The molecule has 0 spiro atoms. The first-order chi connectivity index (χ1) is 13.0. The summed E-state index contributed by atoms with van der Waals surface area (Å²) in [5.41, 5.74) is 1.19. The van der Waals surface area contributed by atoms with Crippen molar-refractivity contribution in [3.8, 4) is 5.75 Å². The van der Waals surface area contributed by atoms with E-state index < -0.39 is 0 Å². The lowest BCUT2D eigenvalue weighted by atomic mass is 9.78. The van der Waals surface area contributed by atoms with Gasteiger partial charge in [0.1, 0.15) is 5.75 Å². The lowest BCUT2D eigenvalue weighted by molar-refractivity contribution is -0.127. The first-order valence-corrected chi connectivity index (χ1v) is 10.4. The van der Waals surface area contributed by atoms with Crippen molar-refractivity contribution < 1.29 is 9.53 Å². The van der Waals surface area contributed by atoms with Gasteiger partial charge in [-0.15, -0.1) is 0 Å². The topological polar surface area (TPSA) is 44.8 Å². The van der Waals surface area contributed by atoms with Crippen LogP contribution in [0.4, 0.5) is 5.69 Å². The number of benzene rings is 1. The predicted molar refractivity (Wildman–Crippen MR) is 110 cm³/mol. The van der Waals surface area contributed by atoms with Crippen LogP contribution >= 0.6 is 0 Å². The van der Waals surface area contributed by atoms with Gasteiger partial charge in [-0.25, -0.2) is 0 Å². The summed E-state index contributed by atoms with van der Waals surface area (Å²) < 4.78 is 5.33. The van der Waals surface area contributed by atoms with Crippen LogP contribution in [0.25, 0.3) is 0 Å². The maximum Gasteiger partial charge on any atom is 0.237 e. The molecule has 1 amide bonds. The van der Waals surface area contributed by atoms with Crippen LogP contribution in [0.1, 0.15) is 40.0 Å². The number of ether oxygens (including phenoxy) is 1. The molecule has 1 aliphatic carbocycles. The first-order valence-electron chi connectivity index (χ1n) is 10.4. The highest BCUT2D eigenvalue weighted by Gasteiger charge is 2.31. The average Bonchev–Trinajstić information content (AvgIpc) is 2.71. The molecule has 1 aromatic rings. The zero-order chi connectivity index (χ0) is 19.4. The summed E-state index contributed by atoms with van der Waals surface area (Å²) in [5.74, 6) is 2.35. The van der Waals surface area contributed by atoms with Crippen LogP contribution in [0.15, 0.2) is 24.3 Å². The van der Waals surface area contributed by atoms with Crippen LogP contribution in [0.5, 0.6) is 5.75 Å². The van der Waals surface area contributed by atoms with Gasteiger partial charge < -0.3 is 15.0 Å². The van der Waals surface area contributed by atoms with Crippen LogP contribution in [0, 0.1) is 11.8 Å². The zero-order valence-corrected chi connectivity index (χ0v) is 17.3. The van der Waals surface area contributed by atoms with E-state index in [1.807, 2.05) is 19.1 Å². The Hall–Kier alpha value is -1.75. The van der Waals surface area contributed by atoms with Gasteiger partial charge in [0, 0.05) is 44.0 Å². The summed E-state index contributed by atoms with van der Waals surface area (Å²) in [6, 6.07) is 8.48. The van der Waals surface area contributed by atoms with Crippen molar-refractivity contribution in [1.82, 2.24) is 10.2 Å². The van der Waals surface area contributed by atoms with Crippen molar-refractivity contribution in [3.63, 3.8) is 0 Å². The maximum absolute atomic E-state index is 12.8. The van der Waals surface area contributed by atoms with E-state index in [0.717, 1.165) is 38.3 Å². The molecule has 5 heteroatoms. The van der Waals surface area contributed by atoms with E-state index in [4.69, 9.17) is 4.74 Å². The number of piperazine rings is 1. The summed E-state index contributed by atoms with van der Waals surface area (Å²) in [7, 11) is 1.70. The smallest absolute Gasteiger partial charge is 0.237 e. The fourth-order valence-corrected chi connectivity index (χ4v) is 4.43. The number of nitrogens with zero attached hydrogens (tertiary/aromatic N) is 2. The molecule has 2 fully saturated rings. The van der Waals surface area contributed by atoms with Gasteiger partial charge in [-0.05, 0) is 37.3 Å². The highest BCUT2D eigenvalue weighted by Crippen LogP contribution is 2.29. The van der Waals surface area contributed by atoms with Gasteiger partial charge in [0.25, 0.3) is 0 Å². The molecule has 1 heterocycles. The van der Waals surface area contributed by atoms with E-state index in [0.29, 0.717) is 17.9 Å². The standard InChI is InChI=1S/C22H35N3O2/c1-16-7-5-10-21(17(16)2)23-22(26)18(3)24-11-13-25(14-12-24)19-8-6-9-20(15-19)27-4/h6,8-9,15-18,21H,5,7,10-14H2,1-4H3,(H,23,26)/t16-,17-,18-,21+/m1/s1. The molecule has 0 unspecified atom stereocenters. The van der Waals surface area contributed by atoms with Crippen molar-refractivity contribution in [2.45, 2.75) is 52.1 Å². The molecule has 0 radical (unpaired) electrons. The van der Waals surface area contributed by atoms with E-state index in [1.165, 1.54) is 18.5 Å². The van der Waals surface area contributed by atoms with E-state index in [1.54, 1.807) is 7.11 Å². The van der Waals surface area contributed by atoms with Gasteiger partial charge in [-0.1, -0.05) is 32.8 Å². The minimum atomic E-state index is -0.0677. The zero-order valence-electron chi connectivity index (χ0n) is 17.3. The highest BCUT2D eigenvalue weighted by atomic mass is 16.5. The number of hydrogen-bond donors (Lipinski definition) is 1. The quantitative estimate of drug-likeness (QED) is 0.861. The Kier molecular flexibility index (Phi) is 6.64. The molecule has 150 valence electrons. The third kappa shape index (κ3) is 4.75. The Morgan fingerprint density at radius 3 is 2.63 bits per heavy atom. The number of rotatable bonds is 5. The van der Waals surface area contributed by atoms with Crippen molar-refractivity contribution in [1.29, 1.82) is 0 Å². The molecule has 1 saturated heterocycles. The lowest BCUT2D eigenvalue weighted by Gasteiger charge is -2.40. The van der Waals surface area contributed by atoms with Crippen molar-refractivity contribution in [3.05, 3.63) is 24.3 Å². The summed E-state index contributed by atoms with van der Waals surface area (Å²) >= 11 is 0. The average molecular weight is 374 g/mol. The Morgan fingerprint density at radius 1 is 1.19 bits per heavy atom. The van der Waals surface area contributed by atoms with Crippen molar-refractivity contribution in [2.24, 2.45) is 11.8 Å². The van der Waals surface area contributed by atoms with Gasteiger partial charge >= 0.3 is 0 Å². The van der Waals surface area contributed by atoms with Crippen molar-refractivity contribution in [2.75, 3.05) is 38.2 Å². The molecule has 2 aliphatic rings. The predicted octanol–water partition coefficient (Wildman–Crippen LogP) is 3.15. The number of anilines is 1. The van der Waals surface area contributed by atoms with Crippen LogP contribution in [0.3, 0.4) is 0 Å². The molecule has 4 atom stereocenters. The number of carbonyl (C=O) groups excluding carboxylic acids is 1. The van der Waals surface area contributed by atoms with E-state index in [9.17, 15) is 4.79 Å². The van der Waals surface area contributed by atoms with E-state index in [-0.39, 0.29) is 11.9 Å². The van der Waals surface area contributed by atoms with E-state index >= 15 is 0 Å². The van der Waals surface area contributed by atoms with Gasteiger partial charge in [0.15, 0.2) is 0 Å². The first kappa shape index (κ1) is 20.0. The molecular formula is C22H35N3O2. The number of carbonyl (C=O) groups is 1. The normalized spacial score (nSPS) is 27.9. The third-order valence-corrected chi connectivity index (χ3v) is 6.69. The Balaban J connectivity index is 1.51. The molecule has 27 heavy (non-hydrogen) atoms.